The van der Waals surface area contributed by atoms with Crippen LogP contribution in [0.15, 0.2) is 30.3 Å². The first-order valence-electron chi connectivity index (χ1n) is 14.3. The first-order valence-corrected chi connectivity index (χ1v) is 14.3. The van der Waals surface area contributed by atoms with Crippen LogP contribution in [0.4, 0.5) is 0 Å². The van der Waals surface area contributed by atoms with E-state index in [-0.39, 0.29) is 18.0 Å². The smallest absolute Gasteiger partial charge is 0.229 e. The average Bonchev–Trinajstić information content (AvgIpc) is 3.04. The Balaban J connectivity index is 1.31. The summed E-state index contributed by atoms with van der Waals surface area (Å²) in [6, 6.07) is 7.85. The Hall–Kier alpha value is -3.25. The van der Waals surface area contributed by atoms with Gasteiger partial charge in [-0.25, -0.2) is 0 Å². The highest BCUT2D eigenvalue weighted by molar-refractivity contribution is 6.03. The molecule has 248 valence electrons. The van der Waals surface area contributed by atoms with Crippen molar-refractivity contribution in [3.05, 3.63) is 41.5 Å². The van der Waals surface area contributed by atoms with E-state index in [0.29, 0.717) is 34.1 Å². The van der Waals surface area contributed by atoms with E-state index in [1.54, 1.807) is 18.2 Å². The highest BCUT2D eigenvalue weighted by Gasteiger charge is 2.50. The van der Waals surface area contributed by atoms with Crippen LogP contribution in [-0.4, -0.2) is 126 Å². The number of hydrogen-bond acceptors (Lipinski definition) is 15. The lowest BCUT2D eigenvalue weighted by Crippen LogP contribution is -2.64. The minimum absolute atomic E-state index is 0.00334. The number of ether oxygens (including phenoxy) is 8. The molecule has 3 aliphatic heterocycles. The number of methoxy groups -OCH3 is 3. The zero-order valence-corrected chi connectivity index (χ0v) is 25.0. The van der Waals surface area contributed by atoms with Crippen molar-refractivity contribution in [1.29, 1.82) is 0 Å². The topological polar surface area (TPSA) is 212 Å². The van der Waals surface area contributed by atoms with E-state index in [9.17, 15) is 35.4 Å². The van der Waals surface area contributed by atoms with Crippen molar-refractivity contribution in [3.8, 4) is 28.7 Å². The molecule has 15 nitrogen and oxygen atoms in total. The van der Waals surface area contributed by atoms with Crippen LogP contribution in [0.25, 0.3) is 0 Å². The van der Waals surface area contributed by atoms with E-state index in [4.69, 9.17) is 37.9 Å². The number of Topliss-reactive ketones (excluding diaryl/α,β-unsaturated/α-hetero) is 1. The predicted octanol–water partition coefficient (Wildman–Crippen LogP) is -0.551. The summed E-state index contributed by atoms with van der Waals surface area (Å²) >= 11 is 0. The number of aliphatic hydroxyl groups is 6. The van der Waals surface area contributed by atoms with Crippen LogP contribution < -0.4 is 23.7 Å². The van der Waals surface area contributed by atoms with Gasteiger partial charge in [0.15, 0.2) is 12.1 Å². The lowest BCUT2D eigenvalue weighted by molar-refractivity contribution is -0.349. The van der Waals surface area contributed by atoms with Crippen LogP contribution in [0.2, 0.25) is 0 Å². The van der Waals surface area contributed by atoms with Gasteiger partial charge in [-0.2, -0.15) is 0 Å². The summed E-state index contributed by atoms with van der Waals surface area (Å²) < 4.78 is 45.0. The summed E-state index contributed by atoms with van der Waals surface area (Å²) in [5.74, 6) is 1.33. The SMILES string of the molecule is COc1cc(OC)c2c(c1)O[C@H](c1ccc(O[C@@H]3O[C@H](CO)[C@@H](O[C@@H]4O[C@@H](C)[C@H](O)[C@@H](O)[C@H]4O)[C@H](O)[C@H]3O)cc1OC)CC2=O. The molecule has 15 heteroatoms. The molecule has 0 bridgehead atoms. The Morgan fingerprint density at radius 1 is 0.800 bits per heavy atom. The highest BCUT2D eigenvalue weighted by atomic mass is 16.7. The molecule has 0 unspecified atom stereocenters. The number of fused-ring (bicyclic) bond motifs is 1. The monoisotopic (exact) mass is 638 g/mol. The minimum Gasteiger partial charge on any atom is -0.496 e. The van der Waals surface area contributed by atoms with E-state index in [1.807, 2.05) is 0 Å². The van der Waals surface area contributed by atoms with Crippen LogP contribution in [0.3, 0.4) is 0 Å². The van der Waals surface area contributed by atoms with Crippen molar-refractivity contribution >= 4 is 5.78 Å². The van der Waals surface area contributed by atoms with Crippen molar-refractivity contribution in [2.24, 2.45) is 0 Å². The number of ketones is 1. The summed E-state index contributed by atoms with van der Waals surface area (Å²) in [7, 11) is 4.36. The molecule has 3 heterocycles. The Bertz CT molecular complexity index is 1350. The molecule has 0 aromatic heterocycles. The van der Waals surface area contributed by atoms with Crippen molar-refractivity contribution in [1.82, 2.24) is 0 Å². The predicted molar refractivity (Wildman–Crippen MR) is 150 cm³/mol. The Morgan fingerprint density at radius 2 is 1.49 bits per heavy atom. The third-order valence-corrected chi connectivity index (χ3v) is 8.14. The third-order valence-electron chi connectivity index (χ3n) is 8.14. The van der Waals surface area contributed by atoms with Gasteiger partial charge in [-0.1, -0.05) is 0 Å². The summed E-state index contributed by atoms with van der Waals surface area (Å²) in [6.45, 7) is 0.779. The number of carbonyl (C=O) groups excluding carboxylic acids is 1. The van der Waals surface area contributed by atoms with Gasteiger partial charge in [0.2, 0.25) is 6.29 Å². The molecule has 2 aromatic carbocycles. The van der Waals surface area contributed by atoms with E-state index in [0.717, 1.165) is 0 Å². The van der Waals surface area contributed by atoms with Crippen molar-refractivity contribution in [2.45, 2.75) is 80.9 Å². The first-order chi connectivity index (χ1) is 21.5. The largest absolute Gasteiger partial charge is 0.496 e. The minimum atomic E-state index is -1.70. The van der Waals surface area contributed by atoms with Crippen molar-refractivity contribution in [2.75, 3.05) is 27.9 Å². The van der Waals surface area contributed by atoms with Gasteiger partial charge >= 0.3 is 0 Å². The van der Waals surface area contributed by atoms with Gasteiger partial charge in [-0.05, 0) is 19.1 Å². The number of benzene rings is 2. The quantitative estimate of drug-likeness (QED) is 0.203. The molecule has 0 saturated carbocycles. The highest BCUT2D eigenvalue weighted by Crippen LogP contribution is 2.44. The molecular weight excluding hydrogens is 600 g/mol. The normalized spacial score (nSPS) is 34.8. The van der Waals surface area contributed by atoms with Crippen LogP contribution in [-0.2, 0) is 14.2 Å². The van der Waals surface area contributed by atoms with Crippen LogP contribution in [0.1, 0.15) is 35.4 Å². The summed E-state index contributed by atoms with van der Waals surface area (Å²) in [5.41, 5.74) is 0.842. The van der Waals surface area contributed by atoms with Crippen LogP contribution in [0.5, 0.6) is 28.7 Å². The molecule has 3 aliphatic rings. The lowest BCUT2D eigenvalue weighted by Gasteiger charge is -2.45. The summed E-state index contributed by atoms with van der Waals surface area (Å²) in [5, 5.41) is 62.1. The number of hydrogen-bond donors (Lipinski definition) is 6. The van der Waals surface area contributed by atoms with Gasteiger partial charge in [0.1, 0.15) is 83.1 Å². The first kappa shape index (κ1) is 33.1. The van der Waals surface area contributed by atoms with Gasteiger partial charge in [0, 0.05) is 23.8 Å². The van der Waals surface area contributed by atoms with Crippen LogP contribution in [0, 0.1) is 0 Å². The molecule has 11 atom stereocenters. The zero-order chi connectivity index (χ0) is 32.6. The second-order valence-electron chi connectivity index (χ2n) is 10.9. The number of aliphatic hydroxyl groups excluding tert-OH is 6. The molecular formula is C30H38O15. The molecule has 0 aliphatic carbocycles. The molecule has 0 radical (unpaired) electrons. The maximum Gasteiger partial charge on any atom is 0.229 e. The molecule has 2 saturated heterocycles. The third kappa shape index (κ3) is 6.40. The Labute approximate surface area is 258 Å². The summed E-state index contributed by atoms with van der Waals surface area (Å²) in [4.78, 5) is 13.1. The van der Waals surface area contributed by atoms with Crippen molar-refractivity contribution < 1.29 is 73.3 Å². The number of rotatable bonds is 9. The van der Waals surface area contributed by atoms with Crippen LogP contribution >= 0.6 is 0 Å². The molecule has 0 amide bonds. The van der Waals surface area contributed by atoms with E-state index in [1.165, 1.54) is 40.4 Å². The fourth-order valence-electron chi connectivity index (χ4n) is 5.61. The maximum atomic E-state index is 13.1. The molecule has 0 spiro atoms. The molecule has 45 heavy (non-hydrogen) atoms. The Kier molecular flexibility index (Phi) is 10.0. The fraction of sp³-hybridized carbons (Fsp3) is 0.567. The number of carbonyl (C=O) groups is 1. The Morgan fingerprint density at radius 3 is 2.16 bits per heavy atom. The average molecular weight is 639 g/mol. The van der Waals surface area contributed by atoms with Gasteiger partial charge < -0.3 is 68.5 Å². The molecule has 2 aromatic rings. The van der Waals surface area contributed by atoms with E-state index in [2.05, 4.69) is 0 Å². The van der Waals surface area contributed by atoms with Gasteiger partial charge in [-0.3, -0.25) is 4.79 Å². The standard InChI is InChI=1S/C30H38O15/c1-12-23(33)24(34)26(36)29(41-12)45-28-21(11-31)44-30(27(37)25(28)35)42-13-5-6-15(17(7-13)39-3)18-10-16(32)22-19(40-4)8-14(38-2)9-20(22)43-18/h5-9,12,18,21,23-31,33-37H,10-11H2,1-4H3/t12-,18-,21+,23-,24+,25+,26+,27+,28+,29-,30+/m0/s1. The molecule has 2 fully saturated rings. The fourth-order valence-corrected chi connectivity index (χ4v) is 5.61. The van der Waals surface area contributed by atoms with Gasteiger partial charge in [0.25, 0.3) is 0 Å². The lowest BCUT2D eigenvalue weighted by atomic mass is 9.94. The van der Waals surface area contributed by atoms with E-state index < -0.39 is 74.1 Å². The van der Waals surface area contributed by atoms with E-state index >= 15 is 0 Å². The molecule has 5 rings (SSSR count). The maximum absolute atomic E-state index is 13.1. The van der Waals surface area contributed by atoms with Gasteiger partial charge in [0.05, 0.1) is 40.5 Å². The zero-order valence-electron chi connectivity index (χ0n) is 25.0. The second kappa shape index (κ2) is 13.6. The van der Waals surface area contributed by atoms with Crippen molar-refractivity contribution in [3.63, 3.8) is 0 Å². The molecule has 6 N–H and O–H groups in total. The summed E-state index contributed by atoms with van der Waals surface area (Å²) in [6.07, 6.45) is -15.3. The second-order valence-corrected chi connectivity index (χ2v) is 10.9. The van der Waals surface area contributed by atoms with Gasteiger partial charge in [-0.15, -0.1) is 0 Å².